The number of nitrogens with two attached hydrogens (primary N) is 1. The van der Waals surface area contributed by atoms with Crippen molar-refractivity contribution >= 4 is 5.96 Å². The molecule has 1 rings (SSSR count). The van der Waals surface area contributed by atoms with Crippen LogP contribution in [0.4, 0.5) is 0 Å². The monoisotopic (exact) mass is 224 g/mol. The highest BCUT2D eigenvalue weighted by Crippen LogP contribution is 2.04. The van der Waals surface area contributed by atoms with E-state index in [0.717, 1.165) is 10.6 Å². The first-order valence-electron chi connectivity index (χ1n) is 4.28. The first-order valence-corrected chi connectivity index (χ1v) is 4.28. The second kappa shape index (κ2) is 5.39. The first-order chi connectivity index (χ1) is 7.63. The highest BCUT2D eigenvalue weighted by molar-refractivity contribution is 5.76. The van der Waals surface area contributed by atoms with E-state index in [1.165, 1.54) is 0 Å². The fraction of sp³-hybridized carbons (Fsp3) is 0.125. The molecule has 0 atom stereocenters. The summed E-state index contributed by atoms with van der Waals surface area (Å²) in [6, 6.07) is 8.86. The lowest BCUT2D eigenvalue weighted by molar-refractivity contribution is -0.796. The van der Waals surface area contributed by atoms with Gasteiger partial charge in [0, 0.05) is 0 Å². The quantitative estimate of drug-likeness (QED) is 0.336. The number of rotatable bonds is 4. The molecule has 0 heterocycles. The van der Waals surface area contributed by atoms with Crippen LogP contribution in [0.25, 0.3) is 0 Å². The van der Waals surface area contributed by atoms with E-state index in [0.29, 0.717) is 0 Å². The standard InChI is InChI=1S/C8H10N5O3/c9-8(10-13(15)16)12(11-14)6-7-4-2-1-3-5-7/h1-5H,6H2,(H2,9,10)(H,15,16)/q+1. The SMILES string of the molecule is N/C(=N\[N+](=O)O)N(Cc1ccccc1)N=O. The molecular formula is C8H10N5O3+. The molecule has 0 saturated heterocycles. The van der Waals surface area contributed by atoms with Gasteiger partial charge in [-0.25, -0.2) is 5.21 Å². The Balaban J connectivity index is 2.77. The molecule has 1 aromatic rings. The molecule has 0 radical (unpaired) electrons. The van der Waals surface area contributed by atoms with E-state index in [1.807, 2.05) is 6.07 Å². The van der Waals surface area contributed by atoms with Gasteiger partial charge >= 0.3 is 5.03 Å². The van der Waals surface area contributed by atoms with Crippen LogP contribution < -0.4 is 5.73 Å². The number of guanidine groups is 1. The van der Waals surface area contributed by atoms with Crippen molar-refractivity contribution in [1.29, 1.82) is 0 Å². The molecule has 16 heavy (non-hydrogen) atoms. The molecule has 0 spiro atoms. The number of benzene rings is 1. The normalized spacial score (nSPS) is 10.9. The Hall–Kier alpha value is -2.51. The first kappa shape index (κ1) is 11.6. The van der Waals surface area contributed by atoms with Gasteiger partial charge in [0.05, 0.1) is 11.8 Å². The average molecular weight is 224 g/mol. The number of nitrogens with zero attached hydrogens (tertiary/aromatic N) is 4. The summed E-state index contributed by atoms with van der Waals surface area (Å²) < 4.78 is 0. The lowest BCUT2D eigenvalue weighted by Crippen LogP contribution is -2.33. The van der Waals surface area contributed by atoms with E-state index in [1.54, 1.807) is 24.3 Å². The molecule has 0 aliphatic carbocycles. The number of hydrogen-bond donors (Lipinski definition) is 2. The van der Waals surface area contributed by atoms with Gasteiger partial charge in [-0.1, -0.05) is 30.3 Å². The zero-order valence-corrected chi connectivity index (χ0v) is 8.22. The van der Waals surface area contributed by atoms with Gasteiger partial charge in [-0.15, -0.1) is 4.91 Å². The highest BCUT2D eigenvalue weighted by Gasteiger charge is 2.14. The topological polar surface area (TPSA) is 111 Å². The van der Waals surface area contributed by atoms with Crippen molar-refractivity contribution in [2.24, 2.45) is 16.1 Å². The molecule has 0 saturated carbocycles. The molecule has 0 fully saturated rings. The zero-order chi connectivity index (χ0) is 12.0. The summed E-state index contributed by atoms with van der Waals surface area (Å²) in [5, 5.41) is 13.8. The second-order valence-corrected chi connectivity index (χ2v) is 2.84. The van der Waals surface area contributed by atoms with Gasteiger partial charge < -0.3 is 5.73 Å². The van der Waals surface area contributed by atoms with Crippen LogP contribution in [0.3, 0.4) is 0 Å². The molecule has 0 bridgehead atoms. The Morgan fingerprint density at radius 2 is 2.06 bits per heavy atom. The molecule has 0 amide bonds. The maximum atomic E-state index is 10.4. The van der Waals surface area contributed by atoms with E-state index in [9.17, 15) is 9.81 Å². The molecule has 0 aromatic heterocycles. The smallest absolute Gasteiger partial charge is 0.363 e. The van der Waals surface area contributed by atoms with E-state index in [-0.39, 0.29) is 6.54 Å². The van der Waals surface area contributed by atoms with Gasteiger partial charge in [0.1, 0.15) is 10.0 Å². The van der Waals surface area contributed by atoms with Crippen LogP contribution in [-0.4, -0.2) is 21.2 Å². The minimum absolute atomic E-state index is 0.0630. The van der Waals surface area contributed by atoms with Crippen LogP contribution in [0.15, 0.2) is 40.7 Å². The van der Waals surface area contributed by atoms with Crippen molar-refractivity contribution in [2.45, 2.75) is 6.54 Å². The summed E-state index contributed by atoms with van der Waals surface area (Å²) in [4.78, 5) is 20.6. The van der Waals surface area contributed by atoms with Crippen molar-refractivity contribution in [3.8, 4) is 0 Å². The van der Waals surface area contributed by atoms with Crippen LogP contribution in [0.1, 0.15) is 5.56 Å². The summed E-state index contributed by atoms with van der Waals surface area (Å²) in [6.07, 6.45) is 0. The molecule has 0 aliphatic rings. The maximum Gasteiger partial charge on any atom is 0.391 e. The van der Waals surface area contributed by atoms with E-state index in [4.69, 9.17) is 10.9 Å². The van der Waals surface area contributed by atoms with Crippen LogP contribution >= 0.6 is 0 Å². The largest absolute Gasteiger partial charge is 0.391 e. The van der Waals surface area contributed by atoms with Gasteiger partial charge in [0.25, 0.3) is 5.96 Å². The minimum atomic E-state index is -0.738. The van der Waals surface area contributed by atoms with Crippen LogP contribution in [0.2, 0.25) is 0 Å². The summed E-state index contributed by atoms with van der Waals surface area (Å²) >= 11 is 0. The fourth-order valence-corrected chi connectivity index (χ4v) is 1.05. The van der Waals surface area contributed by atoms with Crippen molar-refractivity contribution in [3.63, 3.8) is 0 Å². The minimum Gasteiger partial charge on any atom is -0.363 e. The van der Waals surface area contributed by atoms with Gasteiger partial charge in [0.2, 0.25) is 0 Å². The Kier molecular flexibility index (Phi) is 3.90. The van der Waals surface area contributed by atoms with E-state index >= 15 is 0 Å². The summed E-state index contributed by atoms with van der Waals surface area (Å²) in [6.45, 7) is 0.0630. The third-order valence-corrected chi connectivity index (χ3v) is 1.73. The van der Waals surface area contributed by atoms with Gasteiger partial charge in [-0.3, -0.25) is 0 Å². The zero-order valence-electron chi connectivity index (χ0n) is 8.22. The Morgan fingerprint density at radius 3 is 2.56 bits per heavy atom. The predicted molar refractivity (Wildman–Crippen MR) is 54.8 cm³/mol. The third-order valence-electron chi connectivity index (χ3n) is 1.73. The maximum absolute atomic E-state index is 10.4. The number of nitroso groups, excluding NO2 is 1. The molecule has 0 unspecified atom stereocenters. The van der Waals surface area contributed by atoms with Crippen molar-refractivity contribution in [1.82, 2.24) is 5.01 Å². The van der Waals surface area contributed by atoms with Gasteiger partial charge in [-0.05, 0) is 5.56 Å². The second-order valence-electron chi connectivity index (χ2n) is 2.84. The Morgan fingerprint density at radius 1 is 1.44 bits per heavy atom. The van der Waals surface area contributed by atoms with Gasteiger partial charge in [0.15, 0.2) is 0 Å². The van der Waals surface area contributed by atoms with Crippen molar-refractivity contribution in [3.05, 3.63) is 45.7 Å². The third kappa shape index (κ3) is 3.33. The van der Waals surface area contributed by atoms with Crippen LogP contribution in [-0.2, 0) is 6.54 Å². The van der Waals surface area contributed by atoms with Crippen LogP contribution in [0.5, 0.6) is 0 Å². The molecule has 0 aliphatic heterocycles. The van der Waals surface area contributed by atoms with Crippen molar-refractivity contribution in [2.75, 3.05) is 0 Å². The average Bonchev–Trinajstić information content (AvgIpc) is 2.26. The fourth-order valence-electron chi connectivity index (χ4n) is 1.05. The Bertz CT molecular complexity index is 405. The van der Waals surface area contributed by atoms with E-state index in [2.05, 4.69) is 10.4 Å². The lowest BCUT2D eigenvalue weighted by Gasteiger charge is -2.10. The van der Waals surface area contributed by atoms with Gasteiger partial charge in [-0.2, -0.15) is 5.01 Å². The lowest BCUT2D eigenvalue weighted by atomic mass is 10.2. The molecule has 1 aromatic carbocycles. The molecule has 3 N–H and O–H groups in total. The predicted octanol–water partition coefficient (Wildman–Crippen LogP) is 0.568. The number of hydrazone groups is 1. The number of hydrogen-bond acceptors (Lipinski definition) is 3. The summed E-state index contributed by atoms with van der Waals surface area (Å²) in [7, 11) is 0. The molecule has 8 heteroatoms. The molecule has 8 nitrogen and oxygen atoms in total. The van der Waals surface area contributed by atoms with E-state index < -0.39 is 11.0 Å². The van der Waals surface area contributed by atoms with Crippen molar-refractivity contribution < 1.29 is 10.2 Å². The summed E-state index contributed by atoms with van der Waals surface area (Å²) in [5.74, 6) is -0.489. The summed E-state index contributed by atoms with van der Waals surface area (Å²) in [5.41, 5.74) is 6.02. The molecular weight excluding hydrogens is 214 g/mol. The molecule has 84 valence electrons. The highest BCUT2D eigenvalue weighted by atomic mass is 16.7. The Labute approximate surface area is 90.4 Å². The van der Waals surface area contributed by atoms with Crippen LogP contribution in [0, 0.1) is 9.81 Å².